The fraction of sp³-hybridized carbons (Fsp3) is 0.200. The lowest BCUT2D eigenvalue weighted by atomic mass is 9.81. The van der Waals surface area contributed by atoms with Crippen LogP contribution in [0.25, 0.3) is 28.3 Å². The molecule has 0 saturated carbocycles. The fourth-order valence-electron chi connectivity index (χ4n) is 4.20. The maximum Gasteiger partial charge on any atom is 0.0159 e. The van der Waals surface area contributed by atoms with Crippen molar-refractivity contribution in [2.75, 3.05) is 0 Å². The highest BCUT2D eigenvalue weighted by atomic mass is 127. The first-order valence-electron chi connectivity index (χ1n) is 9.11. The Balaban J connectivity index is 1.93. The molecule has 0 saturated heterocycles. The molecule has 0 radical (unpaired) electrons. The van der Waals surface area contributed by atoms with Crippen LogP contribution < -0.4 is 0 Å². The van der Waals surface area contributed by atoms with Crippen molar-refractivity contribution in [3.05, 3.63) is 86.5 Å². The van der Waals surface area contributed by atoms with Crippen molar-refractivity contribution in [3.63, 3.8) is 0 Å². The third-order valence-electron chi connectivity index (χ3n) is 5.61. The Kier molecular flexibility index (Phi) is 4.31. The Labute approximate surface area is 170 Å². The average Bonchev–Trinajstić information content (AvgIpc) is 2.84. The van der Waals surface area contributed by atoms with Gasteiger partial charge in [-0.05, 0) is 99.1 Å². The Morgan fingerprint density at radius 3 is 2.27 bits per heavy atom. The second kappa shape index (κ2) is 6.38. The van der Waals surface area contributed by atoms with Crippen molar-refractivity contribution in [2.24, 2.45) is 0 Å². The maximum atomic E-state index is 2.41. The highest BCUT2D eigenvalue weighted by Crippen LogP contribution is 2.50. The molecule has 26 heavy (non-hydrogen) atoms. The zero-order chi connectivity index (χ0) is 18.5. The Morgan fingerprint density at radius 2 is 1.54 bits per heavy atom. The van der Waals surface area contributed by atoms with E-state index in [1.807, 2.05) is 0 Å². The van der Waals surface area contributed by atoms with Gasteiger partial charge in [0.15, 0.2) is 0 Å². The van der Waals surface area contributed by atoms with Crippen molar-refractivity contribution in [1.82, 2.24) is 0 Å². The summed E-state index contributed by atoms with van der Waals surface area (Å²) in [5.74, 6) is 0. The number of hydrogen-bond acceptors (Lipinski definition) is 0. The van der Waals surface area contributed by atoms with Crippen LogP contribution in [-0.4, -0.2) is 0 Å². The van der Waals surface area contributed by atoms with Gasteiger partial charge in [0.2, 0.25) is 0 Å². The van der Waals surface area contributed by atoms with Crippen LogP contribution in [0.4, 0.5) is 0 Å². The van der Waals surface area contributed by atoms with Crippen LogP contribution in [-0.2, 0) is 5.41 Å². The lowest BCUT2D eigenvalue weighted by molar-refractivity contribution is 0.660. The molecule has 0 unspecified atom stereocenters. The minimum atomic E-state index is 0.0342. The first-order valence-corrected chi connectivity index (χ1v) is 10.2. The summed E-state index contributed by atoms with van der Waals surface area (Å²) in [4.78, 5) is 0. The molecule has 0 bridgehead atoms. The van der Waals surface area contributed by atoms with Gasteiger partial charge in [0.05, 0.1) is 0 Å². The van der Waals surface area contributed by atoms with Gasteiger partial charge in [-0.25, -0.2) is 0 Å². The van der Waals surface area contributed by atoms with Gasteiger partial charge in [-0.3, -0.25) is 0 Å². The average molecular weight is 450 g/mol. The van der Waals surface area contributed by atoms with Crippen LogP contribution in [0.3, 0.4) is 0 Å². The van der Waals surface area contributed by atoms with Crippen molar-refractivity contribution in [2.45, 2.75) is 33.1 Å². The van der Waals surface area contributed by atoms with Crippen LogP contribution >= 0.6 is 22.6 Å². The van der Waals surface area contributed by atoms with Gasteiger partial charge < -0.3 is 0 Å². The number of rotatable bonds is 2. The van der Waals surface area contributed by atoms with Gasteiger partial charge in [-0.15, -0.1) is 0 Å². The predicted octanol–water partition coefficient (Wildman–Crippen LogP) is 7.61. The Hall–Kier alpha value is -1.87. The van der Waals surface area contributed by atoms with Gasteiger partial charge in [0, 0.05) is 8.99 Å². The topological polar surface area (TPSA) is 0 Å². The van der Waals surface area contributed by atoms with Crippen molar-refractivity contribution >= 4 is 28.7 Å². The summed E-state index contributed by atoms with van der Waals surface area (Å²) in [6, 6.07) is 20.4. The second-order valence-corrected chi connectivity index (χ2v) is 8.86. The maximum absolute atomic E-state index is 2.41. The first-order chi connectivity index (χ1) is 12.4. The molecule has 1 aliphatic rings. The number of hydrogen-bond donors (Lipinski definition) is 0. The third-order valence-corrected chi connectivity index (χ3v) is 6.28. The molecule has 0 heterocycles. The summed E-state index contributed by atoms with van der Waals surface area (Å²) in [5.41, 5.74) is 10.9. The smallest absolute Gasteiger partial charge is 0.0159 e. The molecule has 0 nitrogen and oxygen atoms in total. The minimum Gasteiger partial charge on any atom is -0.0870 e. The van der Waals surface area contributed by atoms with E-state index in [2.05, 4.69) is 117 Å². The predicted molar refractivity (Wildman–Crippen MR) is 122 cm³/mol. The molecular formula is C25H23I. The molecule has 0 aromatic heterocycles. The minimum absolute atomic E-state index is 0.0342. The zero-order valence-electron chi connectivity index (χ0n) is 15.7. The molecule has 1 aliphatic carbocycles. The monoisotopic (exact) mass is 450 g/mol. The largest absolute Gasteiger partial charge is 0.0870 e. The Bertz CT molecular complexity index is 1040. The summed E-state index contributed by atoms with van der Waals surface area (Å²) >= 11 is 2.41. The van der Waals surface area contributed by atoms with Crippen molar-refractivity contribution in [1.29, 1.82) is 0 Å². The van der Waals surface area contributed by atoms with E-state index in [9.17, 15) is 0 Å². The van der Waals surface area contributed by atoms with Crippen LogP contribution in [0.5, 0.6) is 0 Å². The molecule has 1 heteroatoms. The van der Waals surface area contributed by atoms with Crippen molar-refractivity contribution < 1.29 is 0 Å². The molecule has 3 aromatic rings. The molecule has 3 aromatic carbocycles. The van der Waals surface area contributed by atoms with Crippen LogP contribution in [0.1, 0.15) is 43.0 Å². The van der Waals surface area contributed by atoms with Gasteiger partial charge >= 0.3 is 0 Å². The van der Waals surface area contributed by atoms with E-state index >= 15 is 0 Å². The normalized spacial score (nSPS) is 14.5. The Morgan fingerprint density at radius 1 is 0.846 bits per heavy atom. The van der Waals surface area contributed by atoms with Crippen LogP contribution in [0.2, 0.25) is 0 Å². The standard InChI is InChI=1S/C25H23I/c1-5-7-19-16(2)8-6-9-20(19)17-10-12-21-22-13-11-18(26)15-24(22)25(3,4)23(21)14-17/h5-15H,1-4H3/b7-5-. The number of benzene rings is 3. The fourth-order valence-corrected chi connectivity index (χ4v) is 4.69. The van der Waals surface area contributed by atoms with E-state index in [-0.39, 0.29) is 5.41 Å². The van der Waals surface area contributed by atoms with E-state index in [1.165, 1.54) is 48.1 Å². The third kappa shape index (κ3) is 2.64. The van der Waals surface area contributed by atoms with Gasteiger partial charge in [-0.1, -0.05) is 62.4 Å². The summed E-state index contributed by atoms with van der Waals surface area (Å²) in [6.45, 7) is 8.97. The van der Waals surface area contributed by atoms with Gasteiger partial charge in [0.25, 0.3) is 0 Å². The summed E-state index contributed by atoms with van der Waals surface area (Å²) < 4.78 is 1.30. The molecule has 0 N–H and O–H groups in total. The van der Waals surface area contributed by atoms with Crippen LogP contribution in [0.15, 0.2) is 60.7 Å². The summed E-state index contributed by atoms with van der Waals surface area (Å²) in [5, 5.41) is 0. The van der Waals surface area contributed by atoms with E-state index in [0.29, 0.717) is 0 Å². The van der Waals surface area contributed by atoms with Crippen molar-refractivity contribution in [3.8, 4) is 22.3 Å². The van der Waals surface area contributed by atoms with E-state index in [0.717, 1.165) is 0 Å². The highest BCUT2D eigenvalue weighted by Gasteiger charge is 2.35. The molecule has 130 valence electrons. The van der Waals surface area contributed by atoms with Gasteiger partial charge in [-0.2, -0.15) is 0 Å². The van der Waals surface area contributed by atoms with E-state index < -0.39 is 0 Å². The van der Waals surface area contributed by atoms with Crippen LogP contribution in [0, 0.1) is 10.5 Å². The summed E-state index contributed by atoms with van der Waals surface area (Å²) in [6.07, 6.45) is 4.35. The van der Waals surface area contributed by atoms with Gasteiger partial charge in [0.1, 0.15) is 0 Å². The first kappa shape index (κ1) is 17.5. The number of halogens is 1. The zero-order valence-corrected chi connectivity index (χ0v) is 17.9. The van der Waals surface area contributed by atoms with E-state index in [1.54, 1.807) is 0 Å². The SMILES string of the molecule is C/C=C\c1c(C)cccc1-c1ccc2c(c1)C(C)(C)c1cc(I)ccc1-2. The highest BCUT2D eigenvalue weighted by molar-refractivity contribution is 14.1. The lowest BCUT2D eigenvalue weighted by Crippen LogP contribution is -2.15. The molecule has 0 fully saturated rings. The number of fused-ring (bicyclic) bond motifs is 3. The molecule has 0 atom stereocenters. The molecule has 0 amide bonds. The molecule has 4 rings (SSSR count). The molecular weight excluding hydrogens is 427 g/mol. The summed E-state index contributed by atoms with van der Waals surface area (Å²) in [7, 11) is 0. The lowest BCUT2D eigenvalue weighted by Gasteiger charge is -2.22. The quantitative estimate of drug-likeness (QED) is 0.353. The second-order valence-electron chi connectivity index (χ2n) is 7.61. The number of allylic oxidation sites excluding steroid dienone is 1. The van der Waals surface area contributed by atoms with E-state index in [4.69, 9.17) is 0 Å². The molecule has 0 aliphatic heterocycles. The number of aryl methyl sites for hydroxylation is 1. The molecule has 0 spiro atoms.